The predicted octanol–water partition coefficient (Wildman–Crippen LogP) is 1.82. The van der Waals surface area contributed by atoms with Crippen molar-refractivity contribution in [2.75, 3.05) is 26.7 Å². The second kappa shape index (κ2) is 10.1. The highest BCUT2D eigenvalue weighted by molar-refractivity contribution is 5.96. The van der Waals surface area contributed by atoms with Gasteiger partial charge in [-0.2, -0.15) is 0 Å². The van der Waals surface area contributed by atoms with Gasteiger partial charge in [-0.05, 0) is 49.9 Å². The molecule has 1 aromatic carbocycles. The summed E-state index contributed by atoms with van der Waals surface area (Å²) in [7, 11) is 1.56. The van der Waals surface area contributed by atoms with E-state index in [-0.39, 0.29) is 36.2 Å². The number of piperidine rings is 1. The molecule has 1 aromatic rings. The van der Waals surface area contributed by atoms with E-state index in [1.807, 2.05) is 6.92 Å². The zero-order valence-electron chi connectivity index (χ0n) is 17.2. The number of benzene rings is 1. The number of rotatable bonds is 7. The molecule has 2 N–H and O–H groups in total. The summed E-state index contributed by atoms with van der Waals surface area (Å²) in [4.78, 5) is 38.6. The minimum Gasteiger partial charge on any atom is -0.497 e. The summed E-state index contributed by atoms with van der Waals surface area (Å²) in [5, 5.41) is 5.71. The van der Waals surface area contributed by atoms with Gasteiger partial charge in [0.2, 0.25) is 11.8 Å². The molecular weight excluding hydrogens is 358 g/mol. The molecule has 0 aliphatic carbocycles. The molecule has 1 fully saturated rings. The largest absolute Gasteiger partial charge is 0.497 e. The van der Waals surface area contributed by atoms with Crippen LogP contribution in [-0.4, -0.2) is 55.4 Å². The monoisotopic (exact) mass is 389 g/mol. The van der Waals surface area contributed by atoms with Crippen LogP contribution < -0.4 is 15.4 Å². The summed E-state index contributed by atoms with van der Waals surface area (Å²) in [5.74, 6) is 0.645. The van der Waals surface area contributed by atoms with Crippen LogP contribution in [-0.2, 0) is 9.59 Å². The number of hydrogen-bond acceptors (Lipinski definition) is 4. The van der Waals surface area contributed by atoms with E-state index in [0.29, 0.717) is 43.2 Å². The van der Waals surface area contributed by atoms with Gasteiger partial charge in [0.05, 0.1) is 13.7 Å². The summed E-state index contributed by atoms with van der Waals surface area (Å²) >= 11 is 0. The van der Waals surface area contributed by atoms with Crippen molar-refractivity contribution in [3.05, 3.63) is 29.8 Å². The molecule has 1 unspecified atom stereocenters. The highest BCUT2D eigenvalue weighted by Gasteiger charge is 2.28. The summed E-state index contributed by atoms with van der Waals surface area (Å²) in [6.45, 7) is 7.18. The van der Waals surface area contributed by atoms with Gasteiger partial charge >= 0.3 is 0 Å². The van der Waals surface area contributed by atoms with Crippen LogP contribution in [0.1, 0.15) is 44.0 Å². The normalized spacial score (nSPS) is 15.8. The van der Waals surface area contributed by atoms with Gasteiger partial charge < -0.3 is 20.3 Å². The van der Waals surface area contributed by atoms with E-state index in [0.717, 1.165) is 0 Å². The lowest BCUT2D eigenvalue weighted by Crippen LogP contribution is -2.47. The molecule has 1 saturated heterocycles. The topological polar surface area (TPSA) is 87.7 Å². The fourth-order valence-corrected chi connectivity index (χ4v) is 3.01. The first-order valence-corrected chi connectivity index (χ1v) is 9.82. The van der Waals surface area contributed by atoms with Gasteiger partial charge in [-0.15, -0.1) is 0 Å². The van der Waals surface area contributed by atoms with Gasteiger partial charge in [0, 0.05) is 30.6 Å². The molecule has 154 valence electrons. The molecule has 2 rings (SSSR count). The van der Waals surface area contributed by atoms with E-state index in [4.69, 9.17) is 4.74 Å². The Balaban J connectivity index is 1.75. The van der Waals surface area contributed by atoms with Crippen LogP contribution in [0.3, 0.4) is 0 Å². The molecule has 1 aliphatic heterocycles. The fourth-order valence-electron chi connectivity index (χ4n) is 3.01. The maximum absolute atomic E-state index is 12.4. The first-order valence-electron chi connectivity index (χ1n) is 9.82. The fraction of sp³-hybridized carbons (Fsp3) is 0.571. The van der Waals surface area contributed by atoms with Crippen molar-refractivity contribution < 1.29 is 19.1 Å². The molecule has 0 spiro atoms. The molecule has 0 bridgehead atoms. The van der Waals surface area contributed by atoms with E-state index in [1.165, 1.54) is 0 Å². The Morgan fingerprint density at radius 3 is 2.25 bits per heavy atom. The Labute approximate surface area is 166 Å². The first-order chi connectivity index (χ1) is 13.3. The Hall–Kier alpha value is -2.57. The van der Waals surface area contributed by atoms with Crippen LogP contribution in [0.5, 0.6) is 5.75 Å². The third-order valence-electron chi connectivity index (χ3n) is 5.34. The molecule has 0 radical (unpaired) electrons. The number of hydrogen-bond donors (Lipinski definition) is 2. The minimum atomic E-state index is -0.298. The number of nitrogens with zero attached hydrogens (tertiary/aromatic N) is 1. The van der Waals surface area contributed by atoms with Crippen LogP contribution in [0.25, 0.3) is 0 Å². The lowest BCUT2D eigenvalue weighted by Gasteiger charge is -2.32. The Bertz CT molecular complexity index is 679. The van der Waals surface area contributed by atoms with Crippen molar-refractivity contribution in [3.8, 4) is 5.75 Å². The average Bonchev–Trinajstić information content (AvgIpc) is 2.71. The Morgan fingerprint density at radius 1 is 1.11 bits per heavy atom. The minimum absolute atomic E-state index is 0.0495. The number of amides is 3. The van der Waals surface area contributed by atoms with E-state index in [9.17, 15) is 14.4 Å². The molecule has 28 heavy (non-hydrogen) atoms. The van der Waals surface area contributed by atoms with Crippen LogP contribution in [0.15, 0.2) is 24.3 Å². The number of ether oxygens (including phenoxy) is 1. The maximum Gasteiger partial charge on any atom is 0.251 e. The van der Waals surface area contributed by atoms with Crippen molar-refractivity contribution >= 4 is 17.7 Å². The quantitative estimate of drug-likeness (QED) is 0.745. The van der Waals surface area contributed by atoms with Crippen LogP contribution >= 0.6 is 0 Å². The van der Waals surface area contributed by atoms with E-state index in [2.05, 4.69) is 24.5 Å². The maximum atomic E-state index is 12.4. The van der Waals surface area contributed by atoms with E-state index in [1.54, 1.807) is 36.3 Å². The zero-order chi connectivity index (χ0) is 20.7. The molecule has 7 heteroatoms. The molecule has 0 aromatic heterocycles. The SMILES string of the molecule is COc1ccc(C(=O)NCC(=O)N2CCC(C(=O)NC(C)C(C)C)CC2)cc1. The smallest absolute Gasteiger partial charge is 0.251 e. The van der Waals surface area contributed by atoms with Crippen molar-refractivity contribution in [2.24, 2.45) is 11.8 Å². The standard InChI is InChI=1S/C21H31N3O4/c1-14(2)15(3)23-21(27)17-9-11-24(12-10-17)19(25)13-22-20(26)16-5-7-18(28-4)8-6-16/h5-8,14-15,17H,9-13H2,1-4H3,(H,22,26)(H,23,27). The summed E-state index contributed by atoms with van der Waals surface area (Å²) in [6, 6.07) is 6.85. The number of carbonyl (C=O) groups excluding carboxylic acids is 3. The summed E-state index contributed by atoms with van der Waals surface area (Å²) < 4.78 is 5.06. The molecule has 1 aliphatic rings. The molecule has 1 atom stereocenters. The summed E-state index contributed by atoms with van der Waals surface area (Å²) in [6.07, 6.45) is 1.30. The second-order valence-corrected chi connectivity index (χ2v) is 7.61. The van der Waals surface area contributed by atoms with Crippen LogP contribution in [0.4, 0.5) is 0 Å². The molecule has 3 amide bonds. The average molecular weight is 389 g/mol. The first kappa shape index (κ1) is 21.7. The Kier molecular flexibility index (Phi) is 7.84. The van der Waals surface area contributed by atoms with Gasteiger partial charge in [0.15, 0.2) is 0 Å². The highest BCUT2D eigenvalue weighted by atomic mass is 16.5. The lowest BCUT2D eigenvalue weighted by atomic mass is 9.94. The Morgan fingerprint density at radius 2 is 1.71 bits per heavy atom. The number of likely N-dealkylation sites (tertiary alicyclic amines) is 1. The van der Waals surface area contributed by atoms with Crippen molar-refractivity contribution in [1.82, 2.24) is 15.5 Å². The number of nitrogens with one attached hydrogen (secondary N) is 2. The summed E-state index contributed by atoms with van der Waals surface area (Å²) in [5.41, 5.74) is 0.475. The molecular formula is C21H31N3O4. The second-order valence-electron chi connectivity index (χ2n) is 7.61. The number of carbonyl (C=O) groups is 3. The zero-order valence-corrected chi connectivity index (χ0v) is 17.2. The predicted molar refractivity (Wildman–Crippen MR) is 107 cm³/mol. The van der Waals surface area contributed by atoms with Gasteiger partial charge in [0.1, 0.15) is 5.75 Å². The lowest BCUT2D eigenvalue weighted by molar-refractivity contribution is -0.135. The van der Waals surface area contributed by atoms with Crippen molar-refractivity contribution in [2.45, 2.75) is 39.7 Å². The van der Waals surface area contributed by atoms with Crippen molar-refractivity contribution in [3.63, 3.8) is 0 Å². The van der Waals surface area contributed by atoms with Gasteiger partial charge in [-0.25, -0.2) is 0 Å². The highest BCUT2D eigenvalue weighted by Crippen LogP contribution is 2.18. The molecule has 7 nitrogen and oxygen atoms in total. The van der Waals surface area contributed by atoms with Gasteiger partial charge in [0.25, 0.3) is 5.91 Å². The van der Waals surface area contributed by atoms with Gasteiger partial charge in [-0.1, -0.05) is 13.8 Å². The third-order valence-corrected chi connectivity index (χ3v) is 5.34. The number of methoxy groups -OCH3 is 1. The molecule has 0 saturated carbocycles. The van der Waals surface area contributed by atoms with E-state index < -0.39 is 0 Å². The molecule has 1 heterocycles. The van der Waals surface area contributed by atoms with Crippen LogP contribution in [0.2, 0.25) is 0 Å². The third kappa shape index (κ3) is 5.97. The van der Waals surface area contributed by atoms with Gasteiger partial charge in [-0.3, -0.25) is 14.4 Å². The van der Waals surface area contributed by atoms with E-state index >= 15 is 0 Å². The van der Waals surface area contributed by atoms with Crippen molar-refractivity contribution in [1.29, 1.82) is 0 Å². The van der Waals surface area contributed by atoms with Crippen LogP contribution in [0, 0.1) is 11.8 Å².